The molecular weight excluding hydrogens is 362 g/mol. The average Bonchev–Trinajstić information content (AvgIpc) is 3.28. The second-order valence-electron chi connectivity index (χ2n) is 6.40. The van der Waals surface area contributed by atoms with Crippen LogP contribution in [0.2, 0.25) is 0 Å². The Hall–Kier alpha value is -3.26. The molecule has 0 spiro atoms. The molecule has 4 rings (SSSR count). The molecule has 0 saturated heterocycles. The van der Waals surface area contributed by atoms with E-state index in [1.807, 2.05) is 18.2 Å². The number of benzene rings is 1. The van der Waals surface area contributed by atoms with Crippen molar-refractivity contribution in [3.05, 3.63) is 53.1 Å². The first-order chi connectivity index (χ1) is 13.0. The number of carbonyl (C=O) groups is 1. The Morgan fingerprint density at radius 2 is 2.07 bits per heavy atom. The molecule has 0 unspecified atom stereocenters. The molecule has 0 bridgehead atoms. The quantitative estimate of drug-likeness (QED) is 0.543. The van der Waals surface area contributed by atoms with Gasteiger partial charge in [-0.05, 0) is 38.1 Å². The van der Waals surface area contributed by atoms with Gasteiger partial charge in [-0.1, -0.05) is 0 Å². The number of thiophene rings is 1. The van der Waals surface area contributed by atoms with E-state index in [0.717, 1.165) is 22.2 Å². The number of nitrogens with zero attached hydrogens (tertiary/aromatic N) is 4. The Labute approximate surface area is 159 Å². The summed E-state index contributed by atoms with van der Waals surface area (Å²) < 4.78 is 1.74. The number of carboxylic acids is 1. The lowest BCUT2D eigenvalue weighted by molar-refractivity contribution is 0.0702. The number of carboxylic acid groups (broad SMARTS) is 1. The molecule has 7 nitrogen and oxygen atoms in total. The van der Waals surface area contributed by atoms with Crippen molar-refractivity contribution in [1.29, 1.82) is 0 Å². The van der Waals surface area contributed by atoms with Crippen molar-refractivity contribution in [3.8, 4) is 17.1 Å². The van der Waals surface area contributed by atoms with Gasteiger partial charge in [0.05, 0.1) is 29.8 Å². The van der Waals surface area contributed by atoms with Gasteiger partial charge in [-0.2, -0.15) is 5.10 Å². The summed E-state index contributed by atoms with van der Waals surface area (Å²) in [6.45, 7) is 4.17. The summed E-state index contributed by atoms with van der Waals surface area (Å²) >= 11 is 1.17. The molecule has 3 heterocycles. The molecule has 0 aliphatic rings. The molecule has 4 aromatic rings. The predicted molar refractivity (Wildman–Crippen MR) is 106 cm³/mol. The highest BCUT2D eigenvalue weighted by Gasteiger charge is 2.12. The summed E-state index contributed by atoms with van der Waals surface area (Å²) in [5.41, 5.74) is 3.26. The van der Waals surface area contributed by atoms with Gasteiger partial charge in [-0.15, -0.1) is 11.3 Å². The van der Waals surface area contributed by atoms with E-state index in [2.05, 4.69) is 34.2 Å². The zero-order valence-corrected chi connectivity index (χ0v) is 15.6. The zero-order chi connectivity index (χ0) is 19.0. The lowest BCUT2D eigenvalue weighted by Gasteiger charge is -2.10. The number of anilines is 1. The van der Waals surface area contributed by atoms with Gasteiger partial charge in [0.15, 0.2) is 5.82 Å². The smallest absolute Gasteiger partial charge is 0.345 e. The van der Waals surface area contributed by atoms with E-state index in [1.165, 1.54) is 11.3 Å². The van der Waals surface area contributed by atoms with E-state index < -0.39 is 5.97 Å². The highest BCUT2D eigenvalue weighted by Crippen LogP contribution is 2.26. The average molecular weight is 379 g/mol. The first kappa shape index (κ1) is 17.2. The third-order valence-corrected chi connectivity index (χ3v) is 4.89. The third-order valence-electron chi connectivity index (χ3n) is 3.97. The highest BCUT2D eigenvalue weighted by molar-refractivity contribution is 7.12. The van der Waals surface area contributed by atoms with E-state index in [-0.39, 0.29) is 4.88 Å². The van der Waals surface area contributed by atoms with Crippen molar-refractivity contribution in [2.24, 2.45) is 0 Å². The fraction of sp³-hybridized carbons (Fsp3) is 0.158. The summed E-state index contributed by atoms with van der Waals surface area (Å²) in [7, 11) is 0. The van der Waals surface area contributed by atoms with Crippen LogP contribution >= 0.6 is 11.3 Å². The van der Waals surface area contributed by atoms with E-state index in [1.54, 1.807) is 34.7 Å². The molecule has 0 fully saturated rings. The normalized spacial score (nSPS) is 11.2. The van der Waals surface area contributed by atoms with Gasteiger partial charge >= 0.3 is 5.97 Å². The number of nitrogens with one attached hydrogen (secondary N) is 1. The summed E-state index contributed by atoms with van der Waals surface area (Å²) in [5.74, 6) is -0.370. The van der Waals surface area contributed by atoms with E-state index in [9.17, 15) is 4.79 Å². The standard InChI is InChI=1S/C19H17N5O2S/c1-11(2)22-14-4-3-12-7-21-24(16(12)6-14)18-9-20-8-15(23-18)13-5-17(19(25)26)27-10-13/h3-11,22H,1-2H3,(H,25,26). The summed E-state index contributed by atoms with van der Waals surface area (Å²) in [6.07, 6.45) is 5.05. The van der Waals surface area contributed by atoms with Gasteiger partial charge in [0, 0.05) is 28.1 Å². The first-order valence-corrected chi connectivity index (χ1v) is 9.28. The SMILES string of the molecule is CC(C)Nc1ccc2cnn(-c3cncc(-c4csc(C(=O)O)c4)n3)c2c1. The Bertz CT molecular complexity index is 1130. The number of hydrogen-bond donors (Lipinski definition) is 2. The van der Waals surface area contributed by atoms with E-state index in [0.29, 0.717) is 17.6 Å². The van der Waals surface area contributed by atoms with Crippen LogP contribution in [0.25, 0.3) is 28.0 Å². The molecule has 0 saturated carbocycles. The van der Waals surface area contributed by atoms with Crippen molar-refractivity contribution in [1.82, 2.24) is 19.7 Å². The minimum Gasteiger partial charge on any atom is -0.477 e. The lowest BCUT2D eigenvalue weighted by Crippen LogP contribution is -2.09. The molecule has 2 N–H and O–H groups in total. The highest BCUT2D eigenvalue weighted by atomic mass is 32.1. The summed E-state index contributed by atoms with van der Waals surface area (Å²) in [4.78, 5) is 20.3. The fourth-order valence-corrected chi connectivity index (χ4v) is 3.54. The van der Waals surface area contributed by atoms with Crippen LogP contribution in [0.3, 0.4) is 0 Å². The fourth-order valence-electron chi connectivity index (χ4n) is 2.80. The van der Waals surface area contributed by atoms with Crippen molar-refractivity contribution in [3.63, 3.8) is 0 Å². The van der Waals surface area contributed by atoms with Crippen LogP contribution in [-0.2, 0) is 0 Å². The second kappa shape index (κ2) is 6.81. The van der Waals surface area contributed by atoms with Gasteiger partial charge in [0.1, 0.15) is 4.88 Å². The molecular formula is C19H17N5O2S. The molecule has 0 aliphatic carbocycles. The Kier molecular flexibility index (Phi) is 4.33. The molecule has 27 heavy (non-hydrogen) atoms. The molecule has 0 atom stereocenters. The van der Waals surface area contributed by atoms with Crippen molar-refractivity contribution in [2.45, 2.75) is 19.9 Å². The summed E-state index contributed by atoms with van der Waals surface area (Å²) in [6, 6.07) is 7.99. The Morgan fingerprint density at radius 1 is 1.22 bits per heavy atom. The van der Waals surface area contributed by atoms with E-state index in [4.69, 9.17) is 5.11 Å². The lowest BCUT2D eigenvalue weighted by atomic mass is 10.2. The topological polar surface area (TPSA) is 92.9 Å². The predicted octanol–water partition coefficient (Wildman–Crippen LogP) is 4.06. The van der Waals surface area contributed by atoms with E-state index >= 15 is 0 Å². The molecule has 8 heteroatoms. The maximum atomic E-state index is 11.1. The molecule has 0 radical (unpaired) electrons. The van der Waals surface area contributed by atoms with Gasteiger partial charge in [0.2, 0.25) is 0 Å². The molecule has 3 aromatic heterocycles. The van der Waals surface area contributed by atoms with Crippen LogP contribution in [0.5, 0.6) is 0 Å². The number of hydrogen-bond acceptors (Lipinski definition) is 6. The molecule has 0 amide bonds. The maximum absolute atomic E-state index is 11.1. The second-order valence-corrected chi connectivity index (χ2v) is 7.31. The van der Waals surface area contributed by atoms with Crippen molar-refractivity contribution < 1.29 is 9.90 Å². The Balaban J connectivity index is 1.76. The van der Waals surface area contributed by atoms with Crippen LogP contribution < -0.4 is 5.32 Å². The number of fused-ring (bicyclic) bond motifs is 1. The largest absolute Gasteiger partial charge is 0.477 e. The van der Waals surface area contributed by atoms with Crippen molar-refractivity contribution >= 4 is 33.9 Å². The van der Waals surface area contributed by atoms with Gasteiger partial charge in [0.25, 0.3) is 0 Å². The van der Waals surface area contributed by atoms with Crippen LogP contribution in [-0.4, -0.2) is 36.9 Å². The number of aromatic nitrogens is 4. The first-order valence-electron chi connectivity index (χ1n) is 8.40. The zero-order valence-electron chi connectivity index (χ0n) is 14.7. The number of aromatic carboxylic acids is 1. The minimum atomic E-state index is -0.946. The van der Waals surface area contributed by atoms with Gasteiger partial charge in [-0.3, -0.25) is 4.98 Å². The molecule has 0 aliphatic heterocycles. The molecule has 1 aromatic carbocycles. The van der Waals surface area contributed by atoms with Crippen LogP contribution in [0.1, 0.15) is 23.5 Å². The van der Waals surface area contributed by atoms with Crippen LogP contribution in [0.4, 0.5) is 5.69 Å². The third kappa shape index (κ3) is 3.39. The monoisotopic (exact) mass is 379 g/mol. The maximum Gasteiger partial charge on any atom is 0.345 e. The van der Waals surface area contributed by atoms with Crippen molar-refractivity contribution in [2.75, 3.05) is 5.32 Å². The minimum absolute atomic E-state index is 0.270. The van der Waals surface area contributed by atoms with Crippen LogP contribution in [0, 0.1) is 0 Å². The summed E-state index contributed by atoms with van der Waals surface area (Å²) in [5, 5.41) is 19.7. The van der Waals surface area contributed by atoms with Gasteiger partial charge in [-0.25, -0.2) is 14.5 Å². The number of rotatable bonds is 5. The van der Waals surface area contributed by atoms with Crippen LogP contribution in [0.15, 0.2) is 48.2 Å². The van der Waals surface area contributed by atoms with Gasteiger partial charge < -0.3 is 10.4 Å². The molecule has 136 valence electrons. The Morgan fingerprint density at radius 3 is 2.81 bits per heavy atom.